The largest absolute Gasteiger partial charge is 0.504 e. The van der Waals surface area contributed by atoms with Crippen molar-refractivity contribution in [3.8, 4) is 28.1 Å². The highest BCUT2D eigenvalue weighted by molar-refractivity contribution is 7.14. The van der Waals surface area contributed by atoms with E-state index in [0.29, 0.717) is 22.9 Å². The van der Waals surface area contributed by atoms with Crippen LogP contribution >= 0.6 is 22.7 Å². The Labute approximate surface area is 147 Å². The van der Waals surface area contributed by atoms with Crippen LogP contribution in [0.25, 0.3) is 22.2 Å². The number of hydrogen-bond donors (Lipinski definition) is 1. The van der Waals surface area contributed by atoms with Gasteiger partial charge >= 0.3 is 0 Å². The molecule has 3 rings (SSSR count). The van der Waals surface area contributed by atoms with Crippen molar-refractivity contribution in [2.24, 2.45) is 0 Å². The lowest BCUT2D eigenvalue weighted by Crippen LogP contribution is -1.92. The molecule has 2 aromatic heterocycles. The summed E-state index contributed by atoms with van der Waals surface area (Å²) in [4.78, 5) is 5.64. The highest BCUT2D eigenvalue weighted by Crippen LogP contribution is 2.31. The fourth-order valence-corrected chi connectivity index (χ4v) is 3.68. The molecule has 0 amide bonds. The third-order valence-corrected chi connectivity index (χ3v) is 4.99. The first-order valence-electron chi connectivity index (χ1n) is 7.28. The zero-order valence-electron chi connectivity index (χ0n) is 12.9. The second kappa shape index (κ2) is 7.30. The molecule has 0 saturated heterocycles. The number of ether oxygens (including phenoxy) is 1. The predicted molar refractivity (Wildman–Crippen MR) is 98.2 cm³/mol. The Bertz CT molecular complexity index is 905. The number of hydrogen-bond acceptors (Lipinski definition) is 6. The lowest BCUT2D eigenvalue weighted by atomic mass is 10.1. The number of rotatable bonds is 5. The van der Waals surface area contributed by atoms with Crippen molar-refractivity contribution in [1.29, 1.82) is 5.26 Å². The van der Waals surface area contributed by atoms with Gasteiger partial charge in [0.05, 0.1) is 22.8 Å². The maximum absolute atomic E-state index is 9.76. The summed E-state index contributed by atoms with van der Waals surface area (Å²) in [6, 6.07) is 11.2. The molecule has 0 spiro atoms. The summed E-state index contributed by atoms with van der Waals surface area (Å²) in [7, 11) is 0. The van der Waals surface area contributed by atoms with Crippen LogP contribution in [0, 0.1) is 11.3 Å². The van der Waals surface area contributed by atoms with E-state index in [2.05, 4.69) is 11.1 Å². The average molecular weight is 354 g/mol. The summed E-state index contributed by atoms with van der Waals surface area (Å²) in [6.45, 7) is 2.31. The smallest absolute Gasteiger partial charge is 0.161 e. The molecule has 120 valence electrons. The zero-order chi connectivity index (χ0) is 16.9. The van der Waals surface area contributed by atoms with Crippen LogP contribution < -0.4 is 4.74 Å². The minimum Gasteiger partial charge on any atom is -0.504 e. The maximum atomic E-state index is 9.76. The van der Waals surface area contributed by atoms with Crippen LogP contribution in [0.4, 0.5) is 0 Å². The number of benzene rings is 1. The van der Waals surface area contributed by atoms with Crippen molar-refractivity contribution in [3.63, 3.8) is 0 Å². The van der Waals surface area contributed by atoms with E-state index in [0.717, 1.165) is 16.1 Å². The Kier molecular flexibility index (Phi) is 4.94. The summed E-state index contributed by atoms with van der Waals surface area (Å²) in [5, 5.41) is 23.9. The Morgan fingerprint density at radius 1 is 1.38 bits per heavy atom. The highest BCUT2D eigenvalue weighted by Gasteiger charge is 2.10. The van der Waals surface area contributed by atoms with Crippen molar-refractivity contribution in [3.05, 3.63) is 51.7 Å². The van der Waals surface area contributed by atoms with Gasteiger partial charge in [-0.3, -0.25) is 0 Å². The van der Waals surface area contributed by atoms with E-state index >= 15 is 0 Å². The standard InChI is InChI=1S/C18H14N2O2S2/c1-2-22-16-9-12(5-6-15(16)21)8-13(10-19)18-20-14(11-24-18)17-4-3-7-23-17/h3-9,11,21H,2H2,1H3/b13-8-. The summed E-state index contributed by atoms with van der Waals surface area (Å²) < 4.78 is 5.38. The lowest BCUT2D eigenvalue weighted by molar-refractivity contribution is 0.318. The molecular weight excluding hydrogens is 340 g/mol. The Morgan fingerprint density at radius 2 is 2.25 bits per heavy atom. The molecule has 0 aliphatic heterocycles. The molecule has 0 bridgehead atoms. The van der Waals surface area contributed by atoms with Gasteiger partial charge in [-0.1, -0.05) is 12.1 Å². The number of nitriles is 1. The Balaban J connectivity index is 1.93. The minimum absolute atomic E-state index is 0.0849. The first-order chi connectivity index (χ1) is 11.7. The number of thiazole rings is 1. The highest BCUT2D eigenvalue weighted by atomic mass is 32.1. The summed E-state index contributed by atoms with van der Waals surface area (Å²) in [6.07, 6.45) is 1.75. The van der Waals surface area contributed by atoms with E-state index in [1.54, 1.807) is 35.6 Å². The van der Waals surface area contributed by atoms with E-state index in [-0.39, 0.29) is 5.75 Å². The van der Waals surface area contributed by atoms with Gasteiger partial charge in [0.15, 0.2) is 11.5 Å². The molecule has 3 aromatic rings. The molecule has 0 atom stereocenters. The molecule has 0 radical (unpaired) electrons. The lowest BCUT2D eigenvalue weighted by Gasteiger charge is -2.06. The molecule has 24 heavy (non-hydrogen) atoms. The van der Waals surface area contributed by atoms with Gasteiger partial charge < -0.3 is 9.84 Å². The third-order valence-electron chi connectivity index (χ3n) is 3.22. The van der Waals surface area contributed by atoms with Gasteiger partial charge in [-0.05, 0) is 42.1 Å². The van der Waals surface area contributed by atoms with Crippen LogP contribution in [0.15, 0.2) is 41.1 Å². The molecule has 2 heterocycles. The van der Waals surface area contributed by atoms with Gasteiger partial charge in [0.1, 0.15) is 11.1 Å². The van der Waals surface area contributed by atoms with Crippen LogP contribution in [0.3, 0.4) is 0 Å². The molecule has 1 aromatic carbocycles. The van der Waals surface area contributed by atoms with Gasteiger partial charge in [-0.25, -0.2) is 4.98 Å². The number of phenolic OH excluding ortho intramolecular Hbond substituents is 1. The number of phenols is 1. The van der Waals surface area contributed by atoms with Crippen molar-refractivity contribution >= 4 is 34.3 Å². The van der Waals surface area contributed by atoms with E-state index in [9.17, 15) is 10.4 Å². The van der Waals surface area contributed by atoms with Gasteiger partial charge in [0, 0.05) is 5.38 Å². The molecular formula is C18H14N2O2S2. The average Bonchev–Trinajstić information content (AvgIpc) is 3.26. The van der Waals surface area contributed by atoms with Gasteiger partial charge in [0.25, 0.3) is 0 Å². The number of allylic oxidation sites excluding steroid dienone is 1. The quantitative estimate of drug-likeness (QED) is 0.652. The number of aromatic nitrogens is 1. The SMILES string of the molecule is CCOc1cc(/C=C(/C#N)c2nc(-c3cccs3)cs2)ccc1O. The second-order valence-corrected chi connectivity index (χ2v) is 6.65. The van der Waals surface area contributed by atoms with Crippen molar-refractivity contribution < 1.29 is 9.84 Å². The summed E-state index contributed by atoms with van der Waals surface area (Å²) in [5.74, 6) is 0.490. The predicted octanol–water partition coefficient (Wildman–Crippen LogP) is 5.04. The molecule has 0 aliphatic rings. The third kappa shape index (κ3) is 3.48. The van der Waals surface area contributed by atoms with Crippen LogP contribution in [-0.4, -0.2) is 16.7 Å². The van der Waals surface area contributed by atoms with Gasteiger partial charge in [-0.2, -0.15) is 5.26 Å². The zero-order valence-corrected chi connectivity index (χ0v) is 14.5. The van der Waals surface area contributed by atoms with Crippen molar-refractivity contribution in [2.45, 2.75) is 6.92 Å². The molecule has 1 N–H and O–H groups in total. The fraction of sp³-hybridized carbons (Fsp3) is 0.111. The molecule has 4 nitrogen and oxygen atoms in total. The molecule has 6 heteroatoms. The minimum atomic E-state index is 0.0849. The summed E-state index contributed by atoms with van der Waals surface area (Å²) >= 11 is 3.06. The Hall–Kier alpha value is -2.62. The van der Waals surface area contributed by atoms with E-state index in [4.69, 9.17) is 4.74 Å². The molecule has 0 fully saturated rings. The van der Waals surface area contributed by atoms with Gasteiger partial charge in [0.2, 0.25) is 0 Å². The van der Waals surface area contributed by atoms with Crippen LogP contribution in [-0.2, 0) is 0 Å². The van der Waals surface area contributed by atoms with Crippen molar-refractivity contribution in [1.82, 2.24) is 4.98 Å². The maximum Gasteiger partial charge on any atom is 0.161 e. The topological polar surface area (TPSA) is 66.1 Å². The second-order valence-electron chi connectivity index (χ2n) is 4.85. The van der Waals surface area contributed by atoms with Crippen molar-refractivity contribution in [2.75, 3.05) is 6.61 Å². The van der Waals surface area contributed by atoms with Crippen LogP contribution in [0.2, 0.25) is 0 Å². The summed E-state index contributed by atoms with van der Waals surface area (Å²) in [5.41, 5.74) is 2.14. The Morgan fingerprint density at radius 3 is 2.96 bits per heavy atom. The number of thiophene rings is 1. The van der Waals surface area contributed by atoms with E-state index in [1.807, 2.05) is 29.8 Å². The van der Waals surface area contributed by atoms with Crippen LogP contribution in [0.1, 0.15) is 17.5 Å². The monoisotopic (exact) mass is 354 g/mol. The normalized spacial score (nSPS) is 11.2. The van der Waals surface area contributed by atoms with E-state index < -0.39 is 0 Å². The number of aromatic hydroxyl groups is 1. The first-order valence-corrected chi connectivity index (χ1v) is 9.04. The molecule has 0 aliphatic carbocycles. The number of nitrogens with zero attached hydrogens (tertiary/aromatic N) is 2. The van der Waals surface area contributed by atoms with E-state index in [1.165, 1.54) is 11.3 Å². The first kappa shape index (κ1) is 16.2. The van der Waals surface area contributed by atoms with Gasteiger partial charge in [-0.15, -0.1) is 22.7 Å². The fourth-order valence-electron chi connectivity index (χ4n) is 2.14. The molecule has 0 saturated carbocycles. The van der Waals surface area contributed by atoms with Crippen LogP contribution in [0.5, 0.6) is 11.5 Å². The molecule has 0 unspecified atom stereocenters.